The molecule has 0 saturated heterocycles. The van der Waals surface area contributed by atoms with E-state index < -0.39 is 19.5 Å². The molecule has 196 valence electrons. The number of aromatic nitrogens is 3. The molecule has 4 rings (SSSR count). The zero-order valence-electron chi connectivity index (χ0n) is 21.3. The van der Waals surface area contributed by atoms with E-state index in [1.807, 2.05) is 66.2 Å². The van der Waals surface area contributed by atoms with Crippen LogP contribution in [-0.4, -0.2) is 38.0 Å². The van der Waals surface area contributed by atoms with Gasteiger partial charge in [-0.3, -0.25) is 9.05 Å². The highest BCUT2D eigenvalue weighted by Gasteiger charge is 2.41. The van der Waals surface area contributed by atoms with Crippen LogP contribution in [0.25, 0.3) is 0 Å². The molecule has 0 amide bonds. The van der Waals surface area contributed by atoms with Gasteiger partial charge in [0.2, 0.25) is 0 Å². The van der Waals surface area contributed by atoms with Crippen LogP contribution in [0.5, 0.6) is 0 Å². The predicted molar refractivity (Wildman–Crippen MR) is 143 cm³/mol. The van der Waals surface area contributed by atoms with Gasteiger partial charge in [-0.15, -0.1) is 0 Å². The van der Waals surface area contributed by atoms with Crippen molar-refractivity contribution in [3.63, 3.8) is 0 Å². The first-order valence-corrected chi connectivity index (χ1v) is 13.8. The number of phosphoric acid groups is 1. The molecule has 1 unspecified atom stereocenters. The highest BCUT2D eigenvalue weighted by atomic mass is 31.2. The molecular weight excluding hydrogens is 489 g/mol. The van der Waals surface area contributed by atoms with Crippen molar-refractivity contribution in [3.05, 3.63) is 120 Å². The smallest absolute Gasteiger partial charge is 0.385 e. The van der Waals surface area contributed by atoms with Crippen LogP contribution < -0.4 is 0 Å². The number of phosphoric ester groups is 1. The van der Waals surface area contributed by atoms with E-state index in [4.69, 9.17) is 4.89 Å². The van der Waals surface area contributed by atoms with Gasteiger partial charge in [0.25, 0.3) is 0 Å². The van der Waals surface area contributed by atoms with Gasteiger partial charge >= 0.3 is 7.82 Å². The van der Waals surface area contributed by atoms with Crippen LogP contribution in [0.1, 0.15) is 55.8 Å². The Labute approximate surface area is 218 Å². The van der Waals surface area contributed by atoms with Gasteiger partial charge in [-0.2, -0.15) is 5.10 Å². The maximum absolute atomic E-state index is 10.7. The molecule has 9 heteroatoms. The standard InChI is InChI=1S/C24H23N3O.C4H11O4P/c1-2-22(28)23-25-18-26-27(23)24(19-12-6-3-7-13-19,20-14-8-4-9-15-20)21-16-10-5-11-17-21;1-3-7-9(5,6)8-4-2/h3-18,22,28H,2H2,1H3;3-4H2,1-2H3,(H,5,6). The van der Waals surface area contributed by atoms with Crippen molar-refractivity contribution < 1.29 is 23.6 Å². The SMILES string of the molecule is CCC(O)c1ncnn1C(c1ccccc1)(c1ccccc1)c1ccccc1.CCOP(=O)(O)OCC. The van der Waals surface area contributed by atoms with Gasteiger partial charge in [0.05, 0.1) is 13.2 Å². The van der Waals surface area contributed by atoms with E-state index in [2.05, 4.69) is 55.5 Å². The van der Waals surface area contributed by atoms with Gasteiger partial charge in [0, 0.05) is 0 Å². The lowest BCUT2D eigenvalue weighted by Gasteiger charge is -2.37. The van der Waals surface area contributed by atoms with Gasteiger partial charge in [-0.05, 0) is 37.0 Å². The van der Waals surface area contributed by atoms with Gasteiger partial charge < -0.3 is 10.00 Å². The molecule has 1 aromatic heterocycles. The molecule has 0 aliphatic heterocycles. The first-order valence-electron chi connectivity index (χ1n) is 12.3. The molecular formula is C28H34N3O5P. The van der Waals surface area contributed by atoms with E-state index in [1.54, 1.807) is 13.8 Å². The van der Waals surface area contributed by atoms with Gasteiger partial charge in [-0.25, -0.2) is 14.2 Å². The molecule has 1 atom stereocenters. The Kier molecular flexibility index (Phi) is 10.3. The van der Waals surface area contributed by atoms with Crippen molar-refractivity contribution in [1.29, 1.82) is 0 Å². The molecule has 4 aromatic rings. The topological polar surface area (TPSA) is 107 Å². The molecule has 3 aromatic carbocycles. The third kappa shape index (κ3) is 6.60. The van der Waals surface area contributed by atoms with Crippen LogP contribution in [0.3, 0.4) is 0 Å². The molecule has 2 N–H and O–H groups in total. The number of nitrogens with zero attached hydrogens (tertiary/aromatic N) is 3. The van der Waals surface area contributed by atoms with Crippen LogP contribution >= 0.6 is 7.82 Å². The van der Waals surface area contributed by atoms with Crippen molar-refractivity contribution in [2.45, 2.75) is 38.8 Å². The molecule has 1 heterocycles. The Balaban J connectivity index is 0.000000364. The first kappa shape index (κ1) is 28.4. The quantitative estimate of drug-likeness (QED) is 0.202. The molecule has 0 aliphatic carbocycles. The number of aliphatic hydroxyl groups is 1. The van der Waals surface area contributed by atoms with Crippen LogP contribution in [-0.2, 0) is 19.2 Å². The first-order chi connectivity index (χ1) is 17.9. The number of aliphatic hydroxyl groups excluding tert-OH is 1. The van der Waals surface area contributed by atoms with Gasteiger partial charge in [0.1, 0.15) is 18.0 Å². The number of hydrogen-bond acceptors (Lipinski definition) is 6. The number of benzene rings is 3. The number of hydrogen-bond donors (Lipinski definition) is 2. The second kappa shape index (κ2) is 13.4. The Morgan fingerprint density at radius 1 is 0.811 bits per heavy atom. The van der Waals surface area contributed by atoms with E-state index >= 15 is 0 Å². The Bertz CT molecular complexity index is 1150. The zero-order chi connectivity index (χ0) is 26.7. The highest BCUT2D eigenvalue weighted by molar-refractivity contribution is 7.47. The van der Waals surface area contributed by atoms with E-state index in [9.17, 15) is 9.67 Å². The average molecular weight is 524 g/mol. The fraction of sp³-hybridized carbons (Fsp3) is 0.286. The van der Waals surface area contributed by atoms with Crippen LogP contribution in [0.2, 0.25) is 0 Å². The highest BCUT2D eigenvalue weighted by Crippen LogP contribution is 2.43. The second-order valence-electron chi connectivity index (χ2n) is 8.07. The average Bonchev–Trinajstić information content (AvgIpc) is 3.41. The van der Waals surface area contributed by atoms with Crippen LogP contribution in [0.15, 0.2) is 97.3 Å². The molecule has 0 radical (unpaired) electrons. The summed E-state index contributed by atoms with van der Waals surface area (Å²) in [6, 6.07) is 30.8. The van der Waals surface area contributed by atoms with E-state index in [1.165, 1.54) is 6.33 Å². The fourth-order valence-electron chi connectivity index (χ4n) is 4.19. The maximum Gasteiger partial charge on any atom is 0.472 e. The third-order valence-corrected chi connectivity index (χ3v) is 6.90. The molecule has 0 bridgehead atoms. The lowest BCUT2D eigenvalue weighted by molar-refractivity contribution is 0.153. The fourth-order valence-corrected chi connectivity index (χ4v) is 4.91. The summed E-state index contributed by atoms with van der Waals surface area (Å²) in [6.07, 6.45) is 1.39. The molecule has 0 spiro atoms. The second-order valence-corrected chi connectivity index (χ2v) is 9.52. The van der Waals surface area contributed by atoms with E-state index in [-0.39, 0.29) is 13.2 Å². The summed E-state index contributed by atoms with van der Waals surface area (Å²) >= 11 is 0. The third-order valence-electron chi connectivity index (χ3n) is 5.74. The molecule has 0 aliphatic rings. The molecule has 0 fully saturated rings. The van der Waals surface area contributed by atoms with Crippen molar-refractivity contribution >= 4 is 7.82 Å². The maximum atomic E-state index is 10.7. The molecule has 0 saturated carbocycles. The summed E-state index contributed by atoms with van der Waals surface area (Å²) in [5, 5.41) is 15.3. The van der Waals surface area contributed by atoms with Crippen molar-refractivity contribution in [2.24, 2.45) is 0 Å². The van der Waals surface area contributed by atoms with Gasteiger partial charge in [-0.1, -0.05) is 97.9 Å². The lowest BCUT2D eigenvalue weighted by atomic mass is 9.77. The molecule has 8 nitrogen and oxygen atoms in total. The van der Waals surface area contributed by atoms with E-state index in [0.717, 1.165) is 16.7 Å². The van der Waals surface area contributed by atoms with Crippen molar-refractivity contribution in [1.82, 2.24) is 14.8 Å². The summed E-state index contributed by atoms with van der Waals surface area (Å²) in [5.41, 5.74) is 2.43. The summed E-state index contributed by atoms with van der Waals surface area (Å²) < 4.78 is 21.1. The number of rotatable bonds is 10. The van der Waals surface area contributed by atoms with E-state index in [0.29, 0.717) is 12.2 Å². The normalized spacial score (nSPS) is 12.5. The summed E-state index contributed by atoms with van der Waals surface area (Å²) in [7, 11) is -3.69. The minimum Gasteiger partial charge on any atom is -0.385 e. The van der Waals surface area contributed by atoms with Crippen molar-refractivity contribution in [3.8, 4) is 0 Å². The summed E-state index contributed by atoms with van der Waals surface area (Å²) in [6.45, 7) is 5.57. The zero-order valence-corrected chi connectivity index (χ0v) is 22.2. The van der Waals surface area contributed by atoms with Crippen LogP contribution in [0.4, 0.5) is 0 Å². The Morgan fingerprint density at radius 3 is 1.57 bits per heavy atom. The van der Waals surface area contributed by atoms with Crippen LogP contribution in [0, 0.1) is 0 Å². The van der Waals surface area contributed by atoms with Crippen molar-refractivity contribution in [2.75, 3.05) is 13.2 Å². The largest absolute Gasteiger partial charge is 0.472 e. The Morgan fingerprint density at radius 2 is 1.22 bits per heavy atom. The minimum absolute atomic E-state index is 0.188. The summed E-state index contributed by atoms with van der Waals surface area (Å²) in [4.78, 5) is 13.1. The Hall–Kier alpha value is -3.13. The predicted octanol–water partition coefficient (Wildman–Crippen LogP) is 5.72. The lowest BCUT2D eigenvalue weighted by Crippen LogP contribution is -2.40. The summed E-state index contributed by atoms with van der Waals surface area (Å²) in [5.74, 6) is 0.555. The molecule has 37 heavy (non-hydrogen) atoms. The monoisotopic (exact) mass is 523 g/mol. The minimum atomic E-state index is -3.69. The van der Waals surface area contributed by atoms with Gasteiger partial charge in [0.15, 0.2) is 5.82 Å².